The Morgan fingerprint density at radius 1 is 0.906 bits per heavy atom. The molecule has 0 amide bonds. The number of nitrogens with zero attached hydrogens (tertiary/aromatic N) is 3. The van der Waals surface area contributed by atoms with Gasteiger partial charge in [-0.2, -0.15) is 0 Å². The van der Waals surface area contributed by atoms with Crippen LogP contribution in [0.2, 0.25) is 0 Å². The minimum absolute atomic E-state index is 0.0160. The van der Waals surface area contributed by atoms with Crippen LogP contribution in [0.25, 0.3) is 21.5 Å². The first-order chi connectivity index (χ1) is 15.7. The Balaban J connectivity index is 1.50. The number of rotatable bonds is 6. The van der Waals surface area contributed by atoms with Crippen LogP contribution in [0.3, 0.4) is 0 Å². The highest BCUT2D eigenvalue weighted by molar-refractivity contribution is 7.98. The summed E-state index contributed by atoms with van der Waals surface area (Å²) in [7, 11) is 0. The summed E-state index contributed by atoms with van der Waals surface area (Å²) in [6, 6.07) is 27.7. The number of hydrogen-bond acceptors (Lipinski definition) is 5. The van der Waals surface area contributed by atoms with Gasteiger partial charge in [-0.3, -0.25) is 9.36 Å². The molecule has 158 valence electrons. The van der Waals surface area contributed by atoms with Gasteiger partial charge in [0.15, 0.2) is 5.16 Å². The molecule has 3 aromatic carbocycles. The lowest BCUT2D eigenvalue weighted by atomic mass is 10.1. The molecule has 5 aromatic rings. The van der Waals surface area contributed by atoms with E-state index in [4.69, 9.17) is 9.97 Å². The Labute approximate surface area is 194 Å². The van der Waals surface area contributed by atoms with E-state index in [-0.39, 0.29) is 11.6 Å². The number of aromatic nitrogens is 3. The van der Waals surface area contributed by atoms with E-state index < -0.39 is 0 Å². The molecule has 0 saturated heterocycles. The maximum Gasteiger partial charge on any atom is 0.262 e. The number of fused-ring (bicyclic) bond motifs is 1. The van der Waals surface area contributed by atoms with Gasteiger partial charge in [0, 0.05) is 16.7 Å². The smallest absolute Gasteiger partial charge is 0.262 e. The highest BCUT2D eigenvalue weighted by Gasteiger charge is 2.18. The molecule has 0 saturated carbocycles. The van der Waals surface area contributed by atoms with Crippen molar-refractivity contribution in [3.8, 4) is 10.6 Å². The average molecular weight is 456 g/mol. The molecule has 0 spiro atoms. The molecule has 0 N–H and O–H groups in total. The highest BCUT2D eigenvalue weighted by Crippen LogP contribution is 2.29. The number of thiazole rings is 1. The molecule has 32 heavy (non-hydrogen) atoms. The van der Waals surface area contributed by atoms with Gasteiger partial charge < -0.3 is 0 Å². The van der Waals surface area contributed by atoms with E-state index in [1.807, 2.05) is 84.3 Å². The summed E-state index contributed by atoms with van der Waals surface area (Å²) in [6.45, 7) is 2.05. The highest BCUT2D eigenvalue weighted by atomic mass is 32.2. The summed E-state index contributed by atoms with van der Waals surface area (Å²) >= 11 is 3.19. The third-order valence-corrected chi connectivity index (χ3v) is 7.29. The van der Waals surface area contributed by atoms with Gasteiger partial charge in [0.2, 0.25) is 0 Å². The van der Waals surface area contributed by atoms with Gasteiger partial charge >= 0.3 is 0 Å². The normalized spacial score (nSPS) is 12.2. The number of benzene rings is 3. The lowest BCUT2D eigenvalue weighted by Gasteiger charge is -2.19. The lowest BCUT2D eigenvalue weighted by Crippen LogP contribution is -2.27. The van der Waals surface area contributed by atoms with Crippen molar-refractivity contribution >= 4 is 34.0 Å². The van der Waals surface area contributed by atoms with Crippen molar-refractivity contribution in [1.82, 2.24) is 14.5 Å². The Kier molecular flexibility index (Phi) is 5.88. The standard InChI is InChI=1S/C26H21N3OS2/c1-18(19-10-4-2-5-11-19)29-25(30)22-14-8-9-15-23(22)28-26(29)32-17-21-16-31-24(27-21)20-12-6-3-7-13-20/h2-16,18H,17H2,1H3/t18-/m1/s1. The summed E-state index contributed by atoms with van der Waals surface area (Å²) in [5, 5.41) is 4.43. The third kappa shape index (κ3) is 4.11. The van der Waals surface area contributed by atoms with Crippen molar-refractivity contribution < 1.29 is 0 Å². The molecule has 0 radical (unpaired) electrons. The molecule has 5 rings (SSSR count). The molecule has 6 heteroatoms. The number of para-hydroxylation sites is 1. The van der Waals surface area contributed by atoms with Gasteiger partial charge in [0.05, 0.1) is 22.6 Å². The van der Waals surface area contributed by atoms with E-state index >= 15 is 0 Å². The Hall–Kier alpha value is -3.22. The largest absolute Gasteiger partial charge is 0.280 e. The molecule has 1 atom stereocenters. The molecule has 0 aliphatic rings. The SMILES string of the molecule is C[C@H](c1ccccc1)n1c(SCc2csc(-c3ccccc3)n2)nc2ccccc2c1=O. The summed E-state index contributed by atoms with van der Waals surface area (Å²) in [6.07, 6.45) is 0. The quantitative estimate of drug-likeness (QED) is 0.219. The van der Waals surface area contributed by atoms with E-state index in [0.29, 0.717) is 16.3 Å². The Bertz CT molecular complexity index is 1410. The zero-order valence-corrected chi connectivity index (χ0v) is 19.1. The molecule has 0 aliphatic heterocycles. The predicted octanol–water partition coefficient (Wildman–Crippen LogP) is 6.42. The number of thioether (sulfide) groups is 1. The summed E-state index contributed by atoms with van der Waals surface area (Å²) in [4.78, 5) is 23.1. The van der Waals surface area contributed by atoms with Gasteiger partial charge in [-0.25, -0.2) is 9.97 Å². The van der Waals surface area contributed by atoms with Crippen LogP contribution in [-0.4, -0.2) is 14.5 Å². The average Bonchev–Trinajstić information content (AvgIpc) is 3.33. The first-order valence-corrected chi connectivity index (χ1v) is 12.3. The third-order valence-electron chi connectivity index (χ3n) is 5.37. The molecule has 4 nitrogen and oxygen atoms in total. The van der Waals surface area contributed by atoms with Crippen molar-refractivity contribution in [3.63, 3.8) is 0 Å². The Morgan fingerprint density at radius 3 is 2.38 bits per heavy atom. The van der Waals surface area contributed by atoms with E-state index in [1.54, 1.807) is 23.1 Å². The van der Waals surface area contributed by atoms with E-state index in [1.165, 1.54) is 0 Å². The van der Waals surface area contributed by atoms with Gasteiger partial charge in [-0.1, -0.05) is 84.6 Å². The van der Waals surface area contributed by atoms with Crippen molar-refractivity contribution in [2.75, 3.05) is 0 Å². The van der Waals surface area contributed by atoms with Crippen molar-refractivity contribution in [3.05, 3.63) is 112 Å². The van der Waals surface area contributed by atoms with Gasteiger partial charge in [-0.15, -0.1) is 11.3 Å². The van der Waals surface area contributed by atoms with Gasteiger partial charge in [0.1, 0.15) is 5.01 Å². The zero-order chi connectivity index (χ0) is 21.9. The molecule has 0 aliphatic carbocycles. The van der Waals surface area contributed by atoms with Crippen LogP contribution < -0.4 is 5.56 Å². The first-order valence-electron chi connectivity index (χ1n) is 10.4. The fourth-order valence-electron chi connectivity index (χ4n) is 3.67. The van der Waals surface area contributed by atoms with Gasteiger partial charge in [0.25, 0.3) is 5.56 Å². The van der Waals surface area contributed by atoms with Crippen LogP contribution in [0, 0.1) is 0 Å². The fraction of sp³-hybridized carbons (Fsp3) is 0.115. The number of hydrogen-bond donors (Lipinski definition) is 0. The first kappa shape index (κ1) is 20.7. The van der Waals surface area contributed by atoms with E-state index in [2.05, 4.69) is 17.5 Å². The van der Waals surface area contributed by atoms with Crippen LogP contribution >= 0.6 is 23.1 Å². The topological polar surface area (TPSA) is 47.8 Å². The van der Waals surface area contributed by atoms with Crippen LogP contribution in [0.1, 0.15) is 24.2 Å². The van der Waals surface area contributed by atoms with Gasteiger partial charge in [-0.05, 0) is 24.6 Å². The summed E-state index contributed by atoms with van der Waals surface area (Å²) < 4.78 is 1.81. The lowest BCUT2D eigenvalue weighted by molar-refractivity contribution is 0.548. The van der Waals surface area contributed by atoms with Crippen LogP contribution in [0.4, 0.5) is 0 Å². The van der Waals surface area contributed by atoms with Crippen LogP contribution in [0.5, 0.6) is 0 Å². The second kappa shape index (κ2) is 9.10. The molecule has 0 fully saturated rings. The van der Waals surface area contributed by atoms with Crippen LogP contribution in [-0.2, 0) is 5.75 Å². The Morgan fingerprint density at radius 2 is 1.59 bits per heavy atom. The minimum Gasteiger partial charge on any atom is -0.280 e. The van der Waals surface area contributed by atoms with Crippen molar-refractivity contribution in [2.24, 2.45) is 0 Å². The molecular formula is C26H21N3OS2. The molecule has 0 unspecified atom stereocenters. The van der Waals surface area contributed by atoms with Crippen LogP contribution in [0.15, 0.2) is 100 Å². The second-order valence-electron chi connectivity index (χ2n) is 7.47. The summed E-state index contributed by atoms with van der Waals surface area (Å²) in [5.74, 6) is 0.648. The second-order valence-corrected chi connectivity index (χ2v) is 9.27. The van der Waals surface area contributed by atoms with Crippen molar-refractivity contribution in [1.29, 1.82) is 0 Å². The molecule has 2 heterocycles. The fourth-order valence-corrected chi connectivity index (χ4v) is 5.57. The predicted molar refractivity (Wildman–Crippen MR) is 133 cm³/mol. The molecule has 0 bridgehead atoms. The maximum absolute atomic E-state index is 13.5. The molecule has 2 aromatic heterocycles. The van der Waals surface area contributed by atoms with E-state index in [9.17, 15) is 4.79 Å². The summed E-state index contributed by atoms with van der Waals surface area (Å²) in [5.41, 5.74) is 3.89. The maximum atomic E-state index is 13.5. The molecular weight excluding hydrogens is 434 g/mol. The van der Waals surface area contributed by atoms with Crippen molar-refractivity contribution in [2.45, 2.75) is 23.9 Å². The minimum atomic E-state index is -0.126. The van der Waals surface area contributed by atoms with E-state index in [0.717, 1.165) is 27.3 Å². The monoisotopic (exact) mass is 455 g/mol. The zero-order valence-electron chi connectivity index (χ0n) is 17.5.